The molecule has 5 heteroatoms. The second kappa shape index (κ2) is 4.73. The molecule has 1 heterocycles. The van der Waals surface area contributed by atoms with E-state index in [4.69, 9.17) is 4.74 Å². The van der Waals surface area contributed by atoms with E-state index in [0.717, 1.165) is 5.75 Å². The molecule has 1 fully saturated rings. The van der Waals surface area contributed by atoms with Gasteiger partial charge in [0.05, 0.1) is 19.1 Å². The molecule has 17 heavy (non-hydrogen) atoms. The summed E-state index contributed by atoms with van der Waals surface area (Å²) in [7, 11) is 1.59. The van der Waals surface area contributed by atoms with Gasteiger partial charge in [0.25, 0.3) is 0 Å². The summed E-state index contributed by atoms with van der Waals surface area (Å²) in [4.78, 5) is 11.6. The number of hydrogen-bond acceptors (Lipinski definition) is 4. The van der Waals surface area contributed by atoms with Crippen LogP contribution in [-0.2, 0) is 4.79 Å². The van der Waals surface area contributed by atoms with Crippen LogP contribution >= 0.6 is 0 Å². The third-order valence-corrected chi connectivity index (χ3v) is 2.77. The van der Waals surface area contributed by atoms with Gasteiger partial charge in [0.1, 0.15) is 5.75 Å². The van der Waals surface area contributed by atoms with Crippen LogP contribution in [0.1, 0.15) is 6.42 Å². The molecule has 0 saturated carbocycles. The number of hydrogen-bond donors (Lipinski definition) is 3. The lowest BCUT2D eigenvalue weighted by atomic mass is 9.93. The lowest BCUT2D eigenvalue weighted by Crippen LogP contribution is -2.60. The van der Waals surface area contributed by atoms with Gasteiger partial charge in [-0.05, 0) is 24.3 Å². The second-order valence-corrected chi connectivity index (χ2v) is 4.28. The molecule has 5 nitrogen and oxygen atoms in total. The number of carbonyl (C=O) groups is 1. The van der Waals surface area contributed by atoms with E-state index in [9.17, 15) is 9.90 Å². The Bertz CT molecular complexity index is 399. The maximum absolute atomic E-state index is 11.6. The fraction of sp³-hybridized carbons (Fsp3) is 0.417. The molecule has 0 bridgehead atoms. The zero-order valence-corrected chi connectivity index (χ0v) is 9.69. The van der Waals surface area contributed by atoms with E-state index in [2.05, 4.69) is 10.6 Å². The monoisotopic (exact) mass is 236 g/mol. The van der Waals surface area contributed by atoms with Crippen LogP contribution in [0.25, 0.3) is 0 Å². The molecule has 1 aliphatic heterocycles. The van der Waals surface area contributed by atoms with Crippen LogP contribution in [0.15, 0.2) is 24.3 Å². The molecule has 1 aromatic carbocycles. The maximum atomic E-state index is 11.6. The van der Waals surface area contributed by atoms with E-state index in [0.29, 0.717) is 18.8 Å². The Hall–Kier alpha value is -1.59. The third kappa shape index (κ3) is 2.95. The Morgan fingerprint density at radius 2 is 2.12 bits per heavy atom. The summed E-state index contributed by atoms with van der Waals surface area (Å²) in [6.45, 7) is 0.950. The van der Waals surface area contributed by atoms with Crippen molar-refractivity contribution in [1.29, 1.82) is 0 Å². The van der Waals surface area contributed by atoms with Crippen molar-refractivity contribution in [1.82, 2.24) is 5.32 Å². The predicted molar refractivity (Wildman–Crippen MR) is 64.1 cm³/mol. The summed E-state index contributed by atoms with van der Waals surface area (Å²) in [5.74, 6) is 0.559. The minimum Gasteiger partial charge on any atom is -0.497 e. The molecule has 0 aromatic heterocycles. The van der Waals surface area contributed by atoms with Crippen molar-refractivity contribution in [2.45, 2.75) is 12.0 Å². The lowest BCUT2D eigenvalue weighted by Gasteiger charge is -2.36. The number of nitrogens with one attached hydrogen (secondary N) is 2. The minimum absolute atomic E-state index is 0.117. The molecule has 0 radical (unpaired) electrons. The second-order valence-electron chi connectivity index (χ2n) is 4.28. The van der Waals surface area contributed by atoms with E-state index in [1.807, 2.05) is 0 Å². The van der Waals surface area contributed by atoms with Gasteiger partial charge in [-0.2, -0.15) is 0 Å². The van der Waals surface area contributed by atoms with E-state index >= 15 is 0 Å². The third-order valence-electron chi connectivity index (χ3n) is 2.77. The van der Waals surface area contributed by atoms with Crippen LogP contribution in [0.4, 0.5) is 5.69 Å². The van der Waals surface area contributed by atoms with E-state index in [-0.39, 0.29) is 12.3 Å². The highest BCUT2D eigenvalue weighted by molar-refractivity contribution is 5.91. The summed E-state index contributed by atoms with van der Waals surface area (Å²) < 4.78 is 5.02. The quantitative estimate of drug-likeness (QED) is 0.706. The van der Waals surface area contributed by atoms with Gasteiger partial charge >= 0.3 is 0 Å². The molecule has 0 spiro atoms. The summed E-state index contributed by atoms with van der Waals surface area (Å²) >= 11 is 0. The molecule has 0 aliphatic carbocycles. The number of anilines is 1. The first-order chi connectivity index (χ1) is 8.11. The average Bonchev–Trinajstić information content (AvgIpc) is 2.28. The molecule has 0 atom stereocenters. The number of methoxy groups -OCH3 is 1. The van der Waals surface area contributed by atoms with Crippen LogP contribution in [0.3, 0.4) is 0 Å². The Morgan fingerprint density at radius 3 is 2.59 bits per heavy atom. The maximum Gasteiger partial charge on any atom is 0.227 e. The first kappa shape index (κ1) is 11.9. The Kier molecular flexibility index (Phi) is 3.31. The Labute approximate surface area is 99.8 Å². The van der Waals surface area contributed by atoms with E-state index < -0.39 is 5.60 Å². The standard InChI is InChI=1S/C12H16N2O3/c1-17-10-4-2-9(3-5-10)14-11(15)6-12(16)7-13-8-12/h2-5,13,16H,6-8H2,1H3,(H,14,15). The zero-order valence-electron chi connectivity index (χ0n) is 9.69. The van der Waals surface area contributed by atoms with Crippen LogP contribution in [0.2, 0.25) is 0 Å². The van der Waals surface area contributed by atoms with Gasteiger partial charge < -0.3 is 20.5 Å². The van der Waals surface area contributed by atoms with Crippen molar-refractivity contribution in [3.63, 3.8) is 0 Å². The van der Waals surface area contributed by atoms with Crippen molar-refractivity contribution in [3.8, 4) is 5.75 Å². The fourth-order valence-electron chi connectivity index (χ4n) is 1.72. The van der Waals surface area contributed by atoms with Gasteiger partial charge in [-0.1, -0.05) is 0 Å². The van der Waals surface area contributed by atoms with Crippen molar-refractivity contribution in [3.05, 3.63) is 24.3 Å². The van der Waals surface area contributed by atoms with Gasteiger partial charge in [-0.15, -0.1) is 0 Å². The van der Waals surface area contributed by atoms with Crippen molar-refractivity contribution in [2.24, 2.45) is 0 Å². The Morgan fingerprint density at radius 1 is 1.47 bits per heavy atom. The van der Waals surface area contributed by atoms with E-state index in [1.165, 1.54) is 0 Å². The van der Waals surface area contributed by atoms with E-state index in [1.54, 1.807) is 31.4 Å². The molecular weight excluding hydrogens is 220 g/mol. The number of ether oxygens (including phenoxy) is 1. The van der Waals surface area contributed by atoms with Crippen LogP contribution in [-0.4, -0.2) is 36.8 Å². The van der Waals surface area contributed by atoms with Crippen molar-refractivity contribution < 1.29 is 14.6 Å². The first-order valence-corrected chi connectivity index (χ1v) is 5.48. The molecule has 1 aliphatic rings. The SMILES string of the molecule is COc1ccc(NC(=O)CC2(O)CNC2)cc1. The highest BCUT2D eigenvalue weighted by atomic mass is 16.5. The molecule has 0 unspecified atom stereocenters. The van der Waals surface area contributed by atoms with Crippen LogP contribution in [0, 0.1) is 0 Å². The van der Waals surface area contributed by atoms with Crippen LogP contribution in [0.5, 0.6) is 5.75 Å². The van der Waals surface area contributed by atoms with Gasteiger partial charge in [0.2, 0.25) is 5.91 Å². The smallest absolute Gasteiger partial charge is 0.227 e. The summed E-state index contributed by atoms with van der Waals surface area (Å²) in [6.07, 6.45) is 0.117. The molecule has 1 amide bonds. The number of carbonyl (C=O) groups excluding carboxylic acids is 1. The average molecular weight is 236 g/mol. The number of rotatable bonds is 4. The largest absolute Gasteiger partial charge is 0.497 e. The van der Waals surface area contributed by atoms with Crippen molar-refractivity contribution in [2.75, 3.05) is 25.5 Å². The summed E-state index contributed by atoms with van der Waals surface area (Å²) in [5.41, 5.74) is -0.178. The zero-order chi connectivity index (χ0) is 12.3. The Balaban J connectivity index is 1.89. The molecule has 2 rings (SSSR count). The lowest BCUT2D eigenvalue weighted by molar-refractivity contribution is -0.123. The molecular formula is C12H16N2O3. The highest BCUT2D eigenvalue weighted by Crippen LogP contribution is 2.18. The van der Waals surface area contributed by atoms with Gasteiger partial charge in [-0.3, -0.25) is 4.79 Å². The number of amides is 1. The molecule has 92 valence electrons. The summed E-state index contributed by atoms with van der Waals surface area (Å²) in [6, 6.07) is 7.07. The van der Waals surface area contributed by atoms with Gasteiger partial charge in [0.15, 0.2) is 0 Å². The first-order valence-electron chi connectivity index (χ1n) is 5.48. The number of benzene rings is 1. The molecule has 3 N–H and O–H groups in total. The number of aliphatic hydroxyl groups is 1. The van der Waals surface area contributed by atoms with Gasteiger partial charge in [0, 0.05) is 18.8 Å². The van der Waals surface area contributed by atoms with Crippen molar-refractivity contribution >= 4 is 11.6 Å². The minimum atomic E-state index is -0.878. The van der Waals surface area contributed by atoms with Crippen LogP contribution < -0.4 is 15.4 Å². The predicted octanol–water partition coefficient (Wildman–Crippen LogP) is 0.358. The summed E-state index contributed by atoms with van der Waals surface area (Å²) in [5, 5.41) is 15.5. The fourth-order valence-corrected chi connectivity index (χ4v) is 1.72. The normalized spacial score (nSPS) is 17.1. The molecule has 1 aromatic rings. The topological polar surface area (TPSA) is 70.6 Å². The molecule has 1 saturated heterocycles. The number of β-amino-alcohol motifs (C(OH)–C–C–N with tert-alkyl or cyclic N) is 1. The highest BCUT2D eigenvalue weighted by Gasteiger charge is 2.36. The van der Waals surface area contributed by atoms with Gasteiger partial charge in [-0.25, -0.2) is 0 Å².